The van der Waals surface area contributed by atoms with E-state index in [0.29, 0.717) is 36.5 Å². The van der Waals surface area contributed by atoms with Gasteiger partial charge in [-0.05, 0) is 208 Å². The van der Waals surface area contributed by atoms with Crippen LogP contribution in [0, 0.1) is 92.7 Å². The molecule has 8 saturated carbocycles. The number of carboxylic acids is 2. The minimum Gasteiger partial charge on any atom is -0.550 e. The molecular formula is C48H78CuO10. The van der Waals surface area contributed by atoms with Crippen molar-refractivity contribution in [3.05, 3.63) is 0 Å². The predicted octanol–water partition coefficient (Wildman–Crippen LogP) is 4.23. The molecule has 6 N–H and O–H groups in total. The number of aliphatic carboxylic acids is 2. The van der Waals surface area contributed by atoms with Crippen LogP contribution in [0.25, 0.3) is 0 Å². The standard InChI is InChI=1S/2C24H40O5.Cu/c2*1-13(4-7-21(28)29)16-5-6-17-22-18(12-20(27)24(16,17)3)23(2)9-8-15(25)10-14(23)11-19(22)26;/h2*13-20,22,25-27H,4-12H2,1-3H3,(H,28,29);/q;;+2/p-2/t2*13-,14+,15-,16-,17+,18+,19-,20+,22+,23+,24-;/m11./s1. The SMILES string of the molecule is C[C@H](CCC(=O)[O-])[C@H]1CC[C@H]2[C@@H]3[C@H](O)C[C@@H]4C[C@H](O)CC[C@]4(C)[C@H]3C[C@H](O)[C@]12C.C[C@H](CCC(=O)[O-])[C@H]1CC[C@H]2[C@@H]3[C@H](O)C[C@@H]4C[C@H](O)CC[C@]4(C)[C@H]3C[C@H](O)[C@]12C.[Cu+2]. The van der Waals surface area contributed by atoms with Crippen LogP contribution in [-0.4, -0.2) is 79.2 Å². The van der Waals surface area contributed by atoms with Crippen molar-refractivity contribution in [1.82, 2.24) is 0 Å². The van der Waals surface area contributed by atoms with E-state index in [1.165, 1.54) is 0 Å². The van der Waals surface area contributed by atoms with Crippen LogP contribution in [0.5, 0.6) is 0 Å². The number of carbonyl (C=O) groups is 2. The van der Waals surface area contributed by atoms with Gasteiger partial charge in [-0.1, -0.05) is 41.5 Å². The second-order valence-corrected chi connectivity index (χ2v) is 22.8. The van der Waals surface area contributed by atoms with Crippen LogP contribution in [0.3, 0.4) is 0 Å². The summed E-state index contributed by atoms with van der Waals surface area (Å²) in [5.41, 5.74) is -0.343. The summed E-state index contributed by atoms with van der Waals surface area (Å²) in [6, 6.07) is 0. The summed E-state index contributed by atoms with van der Waals surface area (Å²) in [5.74, 6) is 1.27. The third-order valence-electron chi connectivity index (χ3n) is 20.6. The summed E-state index contributed by atoms with van der Waals surface area (Å²) < 4.78 is 0. The maximum absolute atomic E-state index is 11.5. The Morgan fingerprint density at radius 1 is 0.542 bits per heavy atom. The molecule has 59 heavy (non-hydrogen) atoms. The van der Waals surface area contributed by atoms with Crippen molar-refractivity contribution in [3.63, 3.8) is 0 Å². The summed E-state index contributed by atoms with van der Waals surface area (Å²) in [6.07, 6.45) is 11.4. The summed E-state index contributed by atoms with van der Waals surface area (Å²) in [4.78, 5) is 21.9. The van der Waals surface area contributed by atoms with Gasteiger partial charge in [0.2, 0.25) is 0 Å². The first-order chi connectivity index (χ1) is 27.2. The molecule has 341 valence electrons. The molecule has 0 amide bonds. The molecule has 10 nitrogen and oxygen atoms in total. The van der Waals surface area contributed by atoms with E-state index in [0.717, 1.165) is 89.9 Å². The fourth-order valence-corrected chi connectivity index (χ4v) is 17.4. The molecule has 0 aliphatic heterocycles. The van der Waals surface area contributed by atoms with Gasteiger partial charge in [-0.25, -0.2) is 0 Å². The zero-order valence-corrected chi connectivity index (χ0v) is 37.7. The molecule has 0 unspecified atom stereocenters. The summed E-state index contributed by atoms with van der Waals surface area (Å²) in [7, 11) is 0. The number of hydrogen-bond acceptors (Lipinski definition) is 10. The van der Waals surface area contributed by atoms with Gasteiger partial charge >= 0.3 is 17.1 Å². The molecule has 8 rings (SSSR count). The van der Waals surface area contributed by atoms with E-state index in [1.54, 1.807) is 0 Å². The van der Waals surface area contributed by atoms with Gasteiger partial charge < -0.3 is 50.4 Å². The maximum Gasteiger partial charge on any atom is 2.00 e. The van der Waals surface area contributed by atoms with E-state index < -0.39 is 24.1 Å². The van der Waals surface area contributed by atoms with E-state index in [4.69, 9.17) is 0 Å². The molecular weight excluding hydrogens is 800 g/mol. The van der Waals surface area contributed by atoms with Crippen LogP contribution in [0.1, 0.15) is 157 Å². The number of fused-ring (bicyclic) bond motifs is 10. The molecule has 0 aromatic rings. The zero-order valence-electron chi connectivity index (χ0n) is 36.7. The molecule has 1 radical (unpaired) electrons. The molecule has 0 spiro atoms. The molecule has 0 aromatic carbocycles. The van der Waals surface area contributed by atoms with Gasteiger partial charge in [0, 0.05) is 11.9 Å². The fourth-order valence-electron chi connectivity index (χ4n) is 17.4. The van der Waals surface area contributed by atoms with E-state index in [9.17, 15) is 50.4 Å². The fraction of sp³-hybridized carbons (Fsp3) is 0.958. The number of aliphatic hydroxyl groups excluding tert-OH is 6. The quantitative estimate of drug-likeness (QED) is 0.192. The van der Waals surface area contributed by atoms with Crippen molar-refractivity contribution >= 4 is 11.9 Å². The van der Waals surface area contributed by atoms with E-state index in [2.05, 4.69) is 41.5 Å². The number of aliphatic hydroxyl groups is 6. The Morgan fingerprint density at radius 3 is 1.24 bits per heavy atom. The van der Waals surface area contributed by atoms with Crippen LogP contribution < -0.4 is 10.2 Å². The summed E-state index contributed by atoms with van der Waals surface area (Å²) in [5, 5.41) is 87.7. The largest absolute Gasteiger partial charge is 2.00 e. The number of rotatable bonds is 8. The molecule has 0 saturated heterocycles. The Balaban J connectivity index is 0.000000195. The van der Waals surface area contributed by atoms with E-state index in [1.807, 2.05) is 0 Å². The molecule has 0 aromatic heterocycles. The zero-order chi connectivity index (χ0) is 42.3. The Morgan fingerprint density at radius 2 is 0.898 bits per heavy atom. The number of carbonyl (C=O) groups excluding carboxylic acids is 2. The summed E-state index contributed by atoms with van der Waals surface area (Å²) in [6.45, 7) is 13.3. The van der Waals surface area contributed by atoms with Gasteiger partial charge in [0.15, 0.2) is 0 Å². The van der Waals surface area contributed by atoms with Gasteiger partial charge in [-0.15, -0.1) is 0 Å². The Kier molecular flexibility index (Phi) is 14.3. The molecule has 8 aliphatic rings. The Labute approximate surface area is 364 Å². The van der Waals surface area contributed by atoms with Crippen LogP contribution in [0.15, 0.2) is 0 Å². The minimum absolute atomic E-state index is 0. The second-order valence-electron chi connectivity index (χ2n) is 22.8. The van der Waals surface area contributed by atoms with E-state index in [-0.39, 0.29) is 123 Å². The minimum atomic E-state index is -0.998. The van der Waals surface area contributed by atoms with Gasteiger partial charge in [0.1, 0.15) is 0 Å². The van der Waals surface area contributed by atoms with Crippen molar-refractivity contribution < 1.29 is 67.5 Å². The van der Waals surface area contributed by atoms with Crippen molar-refractivity contribution in [3.8, 4) is 0 Å². The van der Waals surface area contributed by atoms with Crippen molar-refractivity contribution in [2.45, 2.75) is 194 Å². The van der Waals surface area contributed by atoms with Gasteiger partial charge in [-0.2, -0.15) is 0 Å². The molecule has 0 bridgehead atoms. The topological polar surface area (TPSA) is 202 Å². The van der Waals surface area contributed by atoms with Crippen LogP contribution >= 0.6 is 0 Å². The van der Waals surface area contributed by atoms with Crippen LogP contribution in [0.4, 0.5) is 0 Å². The van der Waals surface area contributed by atoms with Crippen LogP contribution in [-0.2, 0) is 26.7 Å². The first-order valence-corrected chi connectivity index (χ1v) is 23.7. The molecule has 22 atom stereocenters. The first kappa shape index (κ1) is 47.7. The number of hydrogen-bond donors (Lipinski definition) is 6. The summed E-state index contributed by atoms with van der Waals surface area (Å²) >= 11 is 0. The van der Waals surface area contributed by atoms with Crippen molar-refractivity contribution in [2.24, 2.45) is 92.7 Å². The smallest absolute Gasteiger partial charge is 0.550 e. The Hall–Kier alpha value is -0.781. The molecule has 11 heteroatoms. The normalized spacial score (nSPS) is 52.0. The molecule has 0 heterocycles. The predicted molar refractivity (Wildman–Crippen MR) is 215 cm³/mol. The van der Waals surface area contributed by atoms with Gasteiger partial charge in [0.05, 0.1) is 36.6 Å². The third kappa shape index (κ3) is 8.05. The Bertz CT molecular complexity index is 1390. The van der Waals surface area contributed by atoms with Crippen molar-refractivity contribution in [2.75, 3.05) is 0 Å². The third-order valence-corrected chi connectivity index (χ3v) is 20.6. The van der Waals surface area contributed by atoms with Crippen molar-refractivity contribution in [1.29, 1.82) is 0 Å². The second kappa shape index (κ2) is 17.7. The number of carboxylic acid groups (broad SMARTS) is 2. The molecule has 8 aliphatic carbocycles. The average molecular weight is 879 g/mol. The average Bonchev–Trinajstić information content (AvgIpc) is 3.70. The molecule has 8 fully saturated rings. The van der Waals surface area contributed by atoms with Crippen LogP contribution in [0.2, 0.25) is 0 Å². The van der Waals surface area contributed by atoms with Gasteiger partial charge in [0.25, 0.3) is 0 Å². The first-order valence-electron chi connectivity index (χ1n) is 23.7. The van der Waals surface area contributed by atoms with Gasteiger partial charge in [-0.3, -0.25) is 0 Å². The van der Waals surface area contributed by atoms with E-state index >= 15 is 0 Å². The monoisotopic (exact) mass is 877 g/mol. The maximum atomic E-state index is 11.5.